The molecule has 0 amide bonds. The van der Waals surface area contributed by atoms with E-state index in [9.17, 15) is 0 Å². The van der Waals surface area contributed by atoms with Crippen molar-refractivity contribution in [3.63, 3.8) is 0 Å². The molecule has 0 saturated carbocycles. The second kappa shape index (κ2) is 5.44. The van der Waals surface area contributed by atoms with Crippen LogP contribution in [0.3, 0.4) is 0 Å². The van der Waals surface area contributed by atoms with Crippen LogP contribution in [0.1, 0.15) is 19.4 Å². The lowest BCUT2D eigenvalue weighted by Gasteiger charge is -2.09. The molecule has 0 heterocycles. The highest BCUT2D eigenvalue weighted by Gasteiger charge is 2.02. The van der Waals surface area contributed by atoms with Gasteiger partial charge in [-0.1, -0.05) is 11.6 Å². The number of hydrogen-bond donors (Lipinski definition) is 0. The van der Waals surface area contributed by atoms with Crippen molar-refractivity contribution < 1.29 is 9.47 Å². The SMILES string of the molecule is COc1cc(C)ccc1OCC=C(C)C. The molecule has 1 rings (SSSR count). The van der Waals surface area contributed by atoms with Crippen LogP contribution in [0.4, 0.5) is 0 Å². The summed E-state index contributed by atoms with van der Waals surface area (Å²) in [4.78, 5) is 0. The summed E-state index contributed by atoms with van der Waals surface area (Å²) < 4.78 is 10.8. The van der Waals surface area contributed by atoms with Crippen molar-refractivity contribution in [3.05, 3.63) is 35.4 Å². The Balaban J connectivity index is 2.72. The van der Waals surface area contributed by atoms with E-state index in [1.807, 2.05) is 31.2 Å². The van der Waals surface area contributed by atoms with E-state index in [0.717, 1.165) is 11.5 Å². The summed E-state index contributed by atoms with van der Waals surface area (Å²) in [5, 5.41) is 0. The molecule has 2 nitrogen and oxygen atoms in total. The van der Waals surface area contributed by atoms with E-state index in [0.29, 0.717) is 6.61 Å². The largest absolute Gasteiger partial charge is 0.493 e. The lowest BCUT2D eigenvalue weighted by atomic mass is 10.2. The van der Waals surface area contributed by atoms with Crippen molar-refractivity contribution in [2.45, 2.75) is 20.8 Å². The van der Waals surface area contributed by atoms with Crippen molar-refractivity contribution in [2.24, 2.45) is 0 Å². The number of ether oxygens (including phenoxy) is 2. The summed E-state index contributed by atoms with van der Waals surface area (Å²) in [6, 6.07) is 5.92. The van der Waals surface area contributed by atoms with E-state index < -0.39 is 0 Å². The van der Waals surface area contributed by atoms with Gasteiger partial charge in [0.1, 0.15) is 6.61 Å². The zero-order valence-electron chi connectivity index (χ0n) is 9.83. The fourth-order valence-corrected chi connectivity index (χ4v) is 1.19. The van der Waals surface area contributed by atoms with E-state index in [-0.39, 0.29) is 0 Å². The minimum Gasteiger partial charge on any atom is -0.493 e. The van der Waals surface area contributed by atoms with Gasteiger partial charge in [-0.05, 0) is 44.5 Å². The highest BCUT2D eigenvalue weighted by atomic mass is 16.5. The summed E-state index contributed by atoms with van der Waals surface area (Å²) in [6.45, 7) is 6.72. The van der Waals surface area contributed by atoms with Gasteiger partial charge in [0.15, 0.2) is 11.5 Å². The molecule has 0 bridgehead atoms. The Morgan fingerprint density at radius 2 is 2.00 bits per heavy atom. The van der Waals surface area contributed by atoms with Crippen LogP contribution in [0.25, 0.3) is 0 Å². The van der Waals surface area contributed by atoms with Gasteiger partial charge < -0.3 is 9.47 Å². The molecule has 0 fully saturated rings. The summed E-state index contributed by atoms with van der Waals surface area (Å²) >= 11 is 0. The predicted molar refractivity (Wildman–Crippen MR) is 62.7 cm³/mol. The minimum absolute atomic E-state index is 0.585. The molecule has 0 atom stereocenters. The Kier molecular flexibility index (Phi) is 4.22. The second-order valence-electron chi connectivity index (χ2n) is 3.75. The molecule has 0 aromatic heterocycles. The summed E-state index contributed by atoms with van der Waals surface area (Å²) in [5.41, 5.74) is 2.42. The molecule has 0 saturated heterocycles. The standard InChI is InChI=1S/C13H18O2/c1-10(2)7-8-15-12-6-5-11(3)9-13(12)14-4/h5-7,9H,8H2,1-4H3. The van der Waals surface area contributed by atoms with Crippen molar-refractivity contribution >= 4 is 0 Å². The van der Waals surface area contributed by atoms with E-state index in [1.165, 1.54) is 11.1 Å². The Bertz CT molecular complexity index is 350. The Morgan fingerprint density at radius 1 is 1.27 bits per heavy atom. The summed E-state index contributed by atoms with van der Waals surface area (Å²) in [6.07, 6.45) is 2.04. The number of allylic oxidation sites excluding steroid dienone is 1. The third-order valence-corrected chi connectivity index (χ3v) is 2.05. The van der Waals surface area contributed by atoms with Crippen LogP contribution >= 0.6 is 0 Å². The Morgan fingerprint density at radius 3 is 2.60 bits per heavy atom. The Labute approximate surface area is 91.5 Å². The van der Waals surface area contributed by atoms with E-state index in [2.05, 4.69) is 13.8 Å². The average Bonchev–Trinajstić information content (AvgIpc) is 2.19. The molecular formula is C13H18O2. The van der Waals surface area contributed by atoms with Crippen LogP contribution in [0, 0.1) is 6.92 Å². The zero-order valence-corrected chi connectivity index (χ0v) is 9.83. The van der Waals surface area contributed by atoms with Gasteiger partial charge in [-0.2, -0.15) is 0 Å². The average molecular weight is 206 g/mol. The minimum atomic E-state index is 0.585. The smallest absolute Gasteiger partial charge is 0.161 e. The number of methoxy groups -OCH3 is 1. The van der Waals surface area contributed by atoms with Gasteiger partial charge in [0.05, 0.1) is 7.11 Å². The maximum Gasteiger partial charge on any atom is 0.161 e. The van der Waals surface area contributed by atoms with Gasteiger partial charge >= 0.3 is 0 Å². The molecule has 82 valence electrons. The zero-order chi connectivity index (χ0) is 11.3. The fraction of sp³-hybridized carbons (Fsp3) is 0.385. The van der Waals surface area contributed by atoms with Crippen LogP contribution in [-0.4, -0.2) is 13.7 Å². The monoisotopic (exact) mass is 206 g/mol. The third kappa shape index (κ3) is 3.66. The molecule has 0 aliphatic carbocycles. The van der Waals surface area contributed by atoms with E-state index >= 15 is 0 Å². The maximum atomic E-state index is 5.59. The first-order chi connectivity index (χ1) is 7.13. The topological polar surface area (TPSA) is 18.5 Å². The molecule has 0 N–H and O–H groups in total. The molecule has 1 aromatic rings. The quantitative estimate of drug-likeness (QED) is 0.703. The van der Waals surface area contributed by atoms with Gasteiger partial charge in [0, 0.05) is 0 Å². The highest BCUT2D eigenvalue weighted by molar-refractivity contribution is 5.42. The fourth-order valence-electron chi connectivity index (χ4n) is 1.19. The van der Waals surface area contributed by atoms with Crippen molar-refractivity contribution in [3.8, 4) is 11.5 Å². The Hall–Kier alpha value is -1.44. The van der Waals surface area contributed by atoms with Crippen molar-refractivity contribution in [1.29, 1.82) is 0 Å². The van der Waals surface area contributed by atoms with E-state index in [4.69, 9.17) is 9.47 Å². The summed E-state index contributed by atoms with van der Waals surface area (Å²) in [5.74, 6) is 1.58. The van der Waals surface area contributed by atoms with Crippen LogP contribution in [0.2, 0.25) is 0 Å². The normalized spacial score (nSPS) is 9.60. The number of hydrogen-bond acceptors (Lipinski definition) is 2. The first-order valence-electron chi connectivity index (χ1n) is 5.04. The molecule has 0 unspecified atom stereocenters. The number of aryl methyl sites for hydroxylation is 1. The van der Waals surface area contributed by atoms with Crippen LogP contribution in [-0.2, 0) is 0 Å². The molecule has 15 heavy (non-hydrogen) atoms. The van der Waals surface area contributed by atoms with Crippen molar-refractivity contribution in [2.75, 3.05) is 13.7 Å². The molecule has 0 aliphatic heterocycles. The van der Waals surface area contributed by atoms with Crippen LogP contribution in [0.15, 0.2) is 29.8 Å². The van der Waals surface area contributed by atoms with Gasteiger partial charge in [0.25, 0.3) is 0 Å². The lowest BCUT2D eigenvalue weighted by molar-refractivity contribution is 0.325. The van der Waals surface area contributed by atoms with Gasteiger partial charge in [-0.3, -0.25) is 0 Å². The van der Waals surface area contributed by atoms with Gasteiger partial charge in [-0.25, -0.2) is 0 Å². The van der Waals surface area contributed by atoms with Gasteiger partial charge in [0.2, 0.25) is 0 Å². The molecule has 0 spiro atoms. The highest BCUT2D eigenvalue weighted by Crippen LogP contribution is 2.27. The molecule has 0 aliphatic rings. The molecule has 2 heteroatoms. The first kappa shape index (κ1) is 11.6. The van der Waals surface area contributed by atoms with Crippen LogP contribution in [0.5, 0.6) is 11.5 Å². The molecule has 1 aromatic carbocycles. The maximum absolute atomic E-state index is 5.59. The van der Waals surface area contributed by atoms with Gasteiger partial charge in [-0.15, -0.1) is 0 Å². The van der Waals surface area contributed by atoms with Crippen molar-refractivity contribution in [1.82, 2.24) is 0 Å². The molecule has 0 radical (unpaired) electrons. The number of benzene rings is 1. The second-order valence-corrected chi connectivity index (χ2v) is 3.75. The first-order valence-corrected chi connectivity index (χ1v) is 5.04. The summed E-state index contributed by atoms with van der Waals surface area (Å²) in [7, 11) is 1.66. The van der Waals surface area contributed by atoms with Crippen LogP contribution < -0.4 is 9.47 Å². The predicted octanol–water partition coefficient (Wildman–Crippen LogP) is 3.35. The third-order valence-electron chi connectivity index (χ3n) is 2.05. The molecular weight excluding hydrogens is 188 g/mol. The number of rotatable bonds is 4. The van der Waals surface area contributed by atoms with E-state index in [1.54, 1.807) is 7.11 Å². The lowest BCUT2D eigenvalue weighted by Crippen LogP contribution is -1.97.